The van der Waals surface area contributed by atoms with Crippen LogP contribution < -0.4 is 0 Å². The topological polar surface area (TPSA) is 48.4 Å². The molecule has 0 spiro atoms. The molecule has 0 saturated heterocycles. The van der Waals surface area contributed by atoms with E-state index in [0.29, 0.717) is 5.71 Å². The summed E-state index contributed by atoms with van der Waals surface area (Å²) < 4.78 is 13.2. The first-order valence-corrected chi connectivity index (χ1v) is 5.31. The van der Waals surface area contributed by atoms with E-state index >= 15 is 0 Å². The summed E-state index contributed by atoms with van der Waals surface area (Å²) >= 11 is 0. The molecule has 16 heavy (non-hydrogen) atoms. The Labute approximate surface area is 91.6 Å². The highest BCUT2D eigenvalue weighted by Crippen LogP contribution is 2.29. The molecule has 1 aliphatic rings. The van der Waals surface area contributed by atoms with Crippen molar-refractivity contribution in [2.75, 3.05) is 0 Å². The lowest BCUT2D eigenvalue weighted by Gasteiger charge is -2.12. The fraction of sp³-hybridized carbons (Fsp3) is 0.250. The second-order valence-electron chi connectivity index (χ2n) is 4.07. The van der Waals surface area contributed by atoms with E-state index < -0.39 is 0 Å². The molecule has 0 saturated carbocycles. The van der Waals surface area contributed by atoms with Crippen molar-refractivity contribution < 1.29 is 9.60 Å². The largest absolute Gasteiger partial charge is 0.411 e. The van der Waals surface area contributed by atoms with Crippen molar-refractivity contribution in [1.82, 2.24) is 4.98 Å². The molecule has 4 heteroatoms. The third kappa shape index (κ3) is 1.23. The average Bonchev–Trinajstić information content (AvgIpc) is 2.66. The maximum absolute atomic E-state index is 13.2. The summed E-state index contributed by atoms with van der Waals surface area (Å²) in [4.78, 5) is 3.25. The second-order valence-corrected chi connectivity index (χ2v) is 4.07. The van der Waals surface area contributed by atoms with Gasteiger partial charge in [0.1, 0.15) is 5.82 Å². The van der Waals surface area contributed by atoms with Crippen molar-refractivity contribution in [2.45, 2.75) is 19.3 Å². The summed E-state index contributed by atoms with van der Waals surface area (Å²) in [7, 11) is 0. The van der Waals surface area contributed by atoms with Crippen LogP contribution in [0.3, 0.4) is 0 Å². The van der Waals surface area contributed by atoms with Crippen LogP contribution in [-0.2, 0) is 6.42 Å². The van der Waals surface area contributed by atoms with Gasteiger partial charge in [-0.1, -0.05) is 5.16 Å². The minimum absolute atomic E-state index is 0.267. The van der Waals surface area contributed by atoms with E-state index in [-0.39, 0.29) is 5.82 Å². The molecule has 1 aromatic heterocycles. The Morgan fingerprint density at radius 1 is 1.31 bits per heavy atom. The molecule has 1 aromatic carbocycles. The van der Waals surface area contributed by atoms with E-state index in [1.54, 1.807) is 6.07 Å². The van der Waals surface area contributed by atoms with Gasteiger partial charge in [-0.15, -0.1) is 0 Å². The molecule has 0 bridgehead atoms. The van der Waals surface area contributed by atoms with Gasteiger partial charge in [-0.2, -0.15) is 0 Å². The van der Waals surface area contributed by atoms with Crippen LogP contribution in [0.4, 0.5) is 4.39 Å². The smallest absolute Gasteiger partial charge is 0.123 e. The van der Waals surface area contributed by atoms with Crippen LogP contribution in [0.1, 0.15) is 24.1 Å². The van der Waals surface area contributed by atoms with Gasteiger partial charge in [0.2, 0.25) is 0 Å². The number of H-pyrrole nitrogens is 1. The van der Waals surface area contributed by atoms with Gasteiger partial charge in [-0.25, -0.2) is 4.39 Å². The average molecular weight is 218 g/mol. The zero-order chi connectivity index (χ0) is 11.1. The van der Waals surface area contributed by atoms with E-state index in [1.165, 1.54) is 12.1 Å². The lowest BCUT2D eigenvalue weighted by molar-refractivity contribution is 0.317. The molecule has 1 aliphatic carbocycles. The number of hydrogen-bond acceptors (Lipinski definition) is 2. The summed E-state index contributed by atoms with van der Waals surface area (Å²) in [5.41, 5.74) is 3.47. The molecule has 0 fully saturated rings. The van der Waals surface area contributed by atoms with Crippen LogP contribution >= 0.6 is 0 Å². The van der Waals surface area contributed by atoms with Gasteiger partial charge in [-0.05, 0) is 37.5 Å². The van der Waals surface area contributed by atoms with Gasteiger partial charge in [-0.3, -0.25) is 0 Å². The maximum Gasteiger partial charge on any atom is 0.123 e. The molecule has 3 nitrogen and oxygen atoms in total. The Bertz CT molecular complexity index is 586. The predicted octanol–water partition coefficient (Wildman–Crippen LogP) is 2.82. The first kappa shape index (κ1) is 9.39. The molecule has 0 atom stereocenters. The molecule has 0 amide bonds. The van der Waals surface area contributed by atoms with Gasteiger partial charge >= 0.3 is 0 Å². The van der Waals surface area contributed by atoms with Gasteiger partial charge in [0.15, 0.2) is 0 Å². The highest BCUT2D eigenvalue weighted by molar-refractivity contribution is 6.12. The second kappa shape index (κ2) is 3.33. The van der Waals surface area contributed by atoms with E-state index in [4.69, 9.17) is 5.21 Å². The summed E-state index contributed by atoms with van der Waals surface area (Å²) in [6.07, 6.45) is 2.62. The first-order chi connectivity index (χ1) is 7.79. The van der Waals surface area contributed by atoms with Crippen molar-refractivity contribution in [3.63, 3.8) is 0 Å². The number of oxime groups is 1. The number of hydrogen-bond donors (Lipinski definition) is 2. The number of nitrogens with zero attached hydrogens (tertiary/aromatic N) is 1. The van der Waals surface area contributed by atoms with E-state index in [1.807, 2.05) is 0 Å². The van der Waals surface area contributed by atoms with Gasteiger partial charge < -0.3 is 10.2 Å². The molecule has 3 rings (SSSR count). The Morgan fingerprint density at radius 3 is 3.00 bits per heavy atom. The molecule has 2 N–H and O–H groups in total. The standard InChI is InChI=1S/C12H11FN2O/c13-7-4-5-9-8(6-7)12-10(14-9)2-1-3-11(12)15-16/h4-6,14,16H,1-3H2/b15-11+. The van der Waals surface area contributed by atoms with Crippen LogP contribution in [0.15, 0.2) is 23.4 Å². The van der Waals surface area contributed by atoms with Crippen LogP contribution in [0.5, 0.6) is 0 Å². The fourth-order valence-electron chi connectivity index (χ4n) is 2.39. The summed E-state index contributed by atoms with van der Waals surface area (Å²) in [6, 6.07) is 4.64. The van der Waals surface area contributed by atoms with Crippen molar-refractivity contribution in [3.05, 3.63) is 35.3 Å². The van der Waals surface area contributed by atoms with Crippen LogP contribution in [0, 0.1) is 5.82 Å². The lowest BCUT2D eigenvalue weighted by atomic mass is 9.94. The Kier molecular flexibility index (Phi) is 1.96. The zero-order valence-electron chi connectivity index (χ0n) is 8.63. The molecule has 0 unspecified atom stereocenters. The summed E-state index contributed by atoms with van der Waals surface area (Å²) in [6.45, 7) is 0. The van der Waals surface area contributed by atoms with E-state index in [9.17, 15) is 4.39 Å². The number of benzene rings is 1. The number of aryl methyl sites for hydroxylation is 1. The third-order valence-electron chi connectivity index (χ3n) is 3.09. The molecule has 0 aliphatic heterocycles. The molecular weight excluding hydrogens is 207 g/mol. The summed E-state index contributed by atoms with van der Waals surface area (Å²) in [5.74, 6) is -0.267. The molecular formula is C12H11FN2O. The SMILES string of the molecule is O/N=C1\CCCc2[nH]c3ccc(F)cc3c21. The normalized spacial score (nSPS) is 17.9. The quantitative estimate of drug-likeness (QED) is 0.518. The van der Waals surface area contributed by atoms with Crippen molar-refractivity contribution in [3.8, 4) is 0 Å². The highest BCUT2D eigenvalue weighted by atomic mass is 19.1. The van der Waals surface area contributed by atoms with Crippen LogP contribution in [0.25, 0.3) is 10.9 Å². The van der Waals surface area contributed by atoms with E-state index in [0.717, 1.165) is 41.4 Å². The van der Waals surface area contributed by atoms with Gasteiger partial charge in [0.05, 0.1) is 5.71 Å². The fourth-order valence-corrected chi connectivity index (χ4v) is 2.39. The minimum Gasteiger partial charge on any atom is -0.411 e. The number of halogens is 1. The Hall–Kier alpha value is -1.84. The van der Waals surface area contributed by atoms with Crippen molar-refractivity contribution >= 4 is 16.6 Å². The number of rotatable bonds is 0. The van der Waals surface area contributed by atoms with Crippen LogP contribution in [0.2, 0.25) is 0 Å². The molecule has 2 aromatic rings. The van der Waals surface area contributed by atoms with Crippen LogP contribution in [-0.4, -0.2) is 15.9 Å². The van der Waals surface area contributed by atoms with Crippen molar-refractivity contribution in [2.24, 2.45) is 5.16 Å². The van der Waals surface area contributed by atoms with Gasteiger partial charge in [0, 0.05) is 22.2 Å². The Morgan fingerprint density at radius 2 is 2.19 bits per heavy atom. The van der Waals surface area contributed by atoms with Gasteiger partial charge in [0.25, 0.3) is 0 Å². The number of fused-ring (bicyclic) bond motifs is 3. The Balaban J connectivity index is 2.36. The first-order valence-electron chi connectivity index (χ1n) is 5.31. The maximum atomic E-state index is 13.2. The molecule has 1 heterocycles. The minimum atomic E-state index is -0.267. The van der Waals surface area contributed by atoms with Crippen molar-refractivity contribution in [1.29, 1.82) is 0 Å². The third-order valence-corrected chi connectivity index (χ3v) is 3.09. The predicted molar refractivity (Wildman–Crippen MR) is 59.5 cm³/mol. The number of nitrogens with one attached hydrogen (secondary N) is 1. The highest BCUT2D eigenvalue weighted by Gasteiger charge is 2.21. The zero-order valence-corrected chi connectivity index (χ0v) is 8.63. The molecule has 0 radical (unpaired) electrons. The summed E-state index contributed by atoms with van der Waals surface area (Å²) in [5, 5.41) is 13.1. The number of aromatic nitrogens is 1. The number of aromatic amines is 1. The molecule has 82 valence electrons. The monoisotopic (exact) mass is 218 g/mol. The lowest BCUT2D eigenvalue weighted by Crippen LogP contribution is -2.10. The van der Waals surface area contributed by atoms with E-state index in [2.05, 4.69) is 10.1 Å².